The highest BCUT2D eigenvalue weighted by Gasteiger charge is 2.54. The molecule has 0 unspecified atom stereocenters. The number of hydrogen-bond donors (Lipinski definition) is 1. The first-order valence-corrected chi connectivity index (χ1v) is 9.59. The molecule has 0 bridgehead atoms. The van der Waals surface area contributed by atoms with Crippen LogP contribution in [-0.4, -0.2) is 70.0 Å². The Kier molecular flexibility index (Phi) is 5.49. The summed E-state index contributed by atoms with van der Waals surface area (Å²) in [6, 6.07) is 5.19. The van der Waals surface area contributed by atoms with Crippen LogP contribution in [-0.2, 0) is 23.7 Å². The highest BCUT2D eigenvalue weighted by atomic mass is 19.1. The minimum atomic E-state index is -1.27. The Morgan fingerprint density at radius 1 is 1.45 bits per heavy atom. The molecule has 11 heteroatoms. The highest BCUT2D eigenvalue weighted by Crippen LogP contribution is 2.39. The van der Waals surface area contributed by atoms with Gasteiger partial charge in [0.15, 0.2) is 11.9 Å². The van der Waals surface area contributed by atoms with Crippen LogP contribution in [0.1, 0.15) is 25.5 Å². The predicted octanol–water partition coefficient (Wildman–Crippen LogP) is 1.52. The van der Waals surface area contributed by atoms with E-state index >= 15 is 0 Å². The standard InChI is InChI=1S/C20H21FN4O6/c1-20(2)29-9-14-16(31-20)15(17(28-3)18(30-14)19(26)27)25-8-13(23-24-25)10-4-5-11(7-22)12(21)6-10/h4-6,8,14-18H,9H2,1-3H3,(H,26,27)/t14-,15+,16+,17-,18-/m1/s1. The number of carbonyl (C=O) groups is 1. The summed E-state index contributed by atoms with van der Waals surface area (Å²) in [6.07, 6.45) is -1.93. The number of rotatable bonds is 4. The summed E-state index contributed by atoms with van der Waals surface area (Å²) in [5.74, 6) is -2.78. The molecular formula is C20H21FN4O6. The smallest absolute Gasteiger partial charge is 0.335 e. The molecule has 2 aromatic rings. The molecule has 0 amide bonds. The number of aromatic nitrogens is 3. The number of nitriles is 1. The number of methoxy groups -OCH3 is 1. The number of benzene rings is 1. The van der Waals surface area contributed by atoms with Gasteiger partial charge in [-0.05, 0) is 26.0 Å². The summed E-state index contributed by atoms with van der Waals surface area (Å²) in [5, 5.41) is 26.8. The summed E-state index contributed by atoms with van der Waals surface area (Å²) < 4.78 is 38.4. The van der Waals surface area contributed by atoms with Crippen molar-refractivity contribution in [1.82, 2.24) is 15.0 Å². The Morgan fingerprint density at radius 3 is 2.87 bits per heavy atom. The molecule has 3 heterocycles. The topological polar surface area (TPSA) is 129 Å². The molecule has 2 saturated heterocycles. The zero-order valence-electron chi connectivity index (χ0n) is 17.1. The number of aliphatic carboxylic acids is 1. The molecule has 0 aliphatic carbocycles. The molecule has 31 heavy (non-hydrogen) atoms. The first-order valence-electron chi connectivity index (χ1n) is 9.59. The maximum absolute atomic E-state index is 14.0. The van der Waals surface area contributed by atoms with Crippen molar-refractivity contribution in [3.63, 3.8) is 0 Å². The van der Waals surface area contributed by atoms with Crippen molar-refractivity contribution >= 4 is 5.97 Å². The van der Waals surface area contributed by atoms with Crippen LogP contribution in [0.25, 0.3) is 11.3 Å². The Morgan fingerprint density at radius 2 is 2.23 bits per heavy atom. The van der Waals surface area contributed by atoms with Crippen LogP contribution < -0.4 is 0 Å². The summed E-state index contributed by atoms with van der Waals surface area (Å²) in [7, 11) is 1.38. The maximum Gasteiger partial charge on any atom is 0.335 e. The lowest BCUT2D eigenvalue weighted by atomic mass is 9.91. The predicted molar refractivity (Wildman–Crippen MR) is 101 cm³/mol. The second kappa shape index (κ2) is 7.97. The molecule has 1 N–H and O–H groups in total. The second-order valence-corrected chi connectivity index (χ2v) is 7.81. The SMILES string of the molecule is CO[C@@H]1[C@@H](n2cc(-c3ccc(C#N)c(F)c3)nn2)[C@H]2OC(C)(C)OC[C@H]2O[C@H]1C(=O)O. The van der Waals surface area contributed by atoms with E-state index in [1.807, 2.05) is 0 Å². The summed E-state index contributed by atoms with van der Waals surface area (Å²) in [6.45, 7) is 3.63. The fourth-order valence-corrected chi connectivity index (χ4v) is 3.94. The molecule has 0 saturated carbocycles. The van der Waals surface area contributed by atoms with E-state index in [1.54, 1.807) is 32.2 Å². The maximum atomic E-state index is 14.0. The second-order valence-electron chi connectivity index (χ2n) is 7.81. The minimum Gasteiger partial charge on any atom is -0.479 e. The van der Waals surface area contributed by atoms with Crippen molar-refractivity contribution in [3.8, 4) is 17.3 Å². The van der Waals surface area contributed by atoms with Gasteiger partial charge in [-0.2, -0.15) is 5.26 Å². The molecule has 1 aromatic heterocycles. The Bertz CT molecular complexity index is 1030. The van der Waals surface area contributed by atoms with Gasteiger partial charge in [0.05, 0.1) is 18.4 Å². The first kappa shape index (κ1) is 21.3. The lowest BCUT2D eigenvalue weighted by Crippen LogP contribution is -2.64. The number of carboxylic acids is 1. The van der Waals surface area contributed by atoms with E-state index in [-0.39, 0.29) is 12.2 Å². The number of hydrogen-bond acceptors (Lipinski definition) is 8. The van der Waals surface area contributed by atoms with Gasteiger partial charge in [-0.25, -0.2) is 13.9 Å². The van der Waals surface area contributed by atoms with E-state index < -0.39 is 48.0 Å². The molecule has 1 aromatic carbocycles. The largest absolute Gasteiger partial charge is 0.479 e. The molecule has 164 valence electrons. The van der Waals surface area contributed by atoms with E-state index in [4.69, 9.17) is 24.2 Å². The van der Waals surface area contributed by atoms with E-state index in [2.05, 4.69) is 10.3 Å². The van der Waals surface area contributed by atoms with Gasteiger partial charge in [0.1, 0.15) is 41.9 Å². The third kappa shape index (κ3) is 3.90. The molecule has 0 radical (unpaired) electrons. The van der Waals surface area contributed by atoms with E-state index in [1.165, 1.54) is 23.9 Å². The van der Waals surface area contributed by atoms with Gasteiger partial charge < -0.3 is 24.1 Å². The molecule has 2 fully saturated rings. The van der Waals surface area contributed by atoms with Crippen molar-refractivity contribution < 1.29 is 33.2 Å². The molecule has 2 aliphatic rings. The zero-order chi connectivity index (χ0) is 22.3. The molecule has 4 rings (SSSR count). The number of ether oxygens (including phenoxy) is 4. The van der Waals surface area contributed by atoms with Crippen molar-refractivity contribution in [2.24, 2.45) is 0 Å². The van der Waals surface area contributed by atoms with E-state index in [0.717, 1.165) is 0 Å². The Labute approximate surface area is 177 Å². The van der Waals surface area contributed by atoms with Crippen molar-refractivity contribution in [1.29, 1.82) is 5.26 Å². The normalized spacial score (nSPS) is 29.7. The monoisotopic (exact) mass is 432 g/mol. The minimum absolute atomic E-state index is 0.0787. The summed E-state index contributed by atoms with van der Waals surface area (Å²) in [5.41, 5.74) is 0.688. The van der Waals surface area contributed by atoms with Crippen LogP contribution >= 0.6 is 0 Å². The van der Waals surface area contributed by atoms with E-state index in [9.17, 15) is 14.3 Å². The number of fused-ring (bicyclic) bond motifs is 1. The van der Waals surface area contributed by atoms with Gasteiger partial charge in [0.2, 0.25) is 0 Å². The summed E-state index contributed by atoms with van der Waals surface area (Å²) in [4.78, 5) is 11.8. The molecule has 5 atom stereocenters. The third-order valence-corrected chi connectivity index (χ3v) is 5.39. The fourth-order valence-electron chi connectivity index (χ4n) is 3.94. The van der Waals surface area contributed by atoms with Crippen LogP contribution in [0.4, 0.5) is 4.39 Å². The zero-order valence-corrected chi connectivity index (χ0v) is 17.1. The molecule has 10 nitrogen and oxygen atoms in total. The van der Waals surface area contributed by atoms with Crippen molar-refractivity contribution in [2.45, 2.75) is 50.1 Å². The van der Waals surface area contributed by atoms with Crippen LogP contribution in [0, 0.1) is 17.1 Å². The number of halogens is 1. The van der Waals surface area contributed by atoms with Gasteiger partial charge >= 0.3 is 5.97 Å². The Balaban J connectivity index is 1.73. The highest BCUT2D eigenvalue weighted by molar-refractivity contribution is 5.73. The van der Waals surface area contributed by atoms with Crippen LogP contribution in [0.2, 0.25) is 0 Å². The van der Waals surface area contributed by atoms with Gasteiger partial charge in [0, 0.05) is 12.7 Å². The average molecular weight is 432 g/mol. The molecular weight excluding hydrogens is 411 g/mol. The molecule has 2 aliphatic heterocycles. The van der Waals surface area contributed by atoms with Gasteiger partial charge in [-0.1, -0.05) is 11.3 Å². The Hall–Kier alpha value is -2.91. The van der Waals surface area contributed by atoms with Gasteiger partial charge in [0.25, 0.3) is 0 Å². The lowest BCUT2D eigenvalue weighted by Gasteiger charge is -2.50. The van der Waals surface area contributed by atoms with Gasteiger partial charge in [-0.3, -0.25) is 0 Å². The molecule has 0 spiro atoms. The van der Waals surface area contributed by atoms with E-state index in [0.29, 0.717) is 11.3 Å². The fraction of sp³-hybridized carbons (Fsp3) is 0.500. The van der Waals surface area contributed by atoms with Crippen LogP contribution in [0.5, 0.6) is 0 Å². The van der Waals surface area contributed by atoms with Crippen LogP contribution in [0.15, 0.2) is 24.4 Å². The lowest BCUT2D eigenvalue weighted by molar-refractivity contribution is -0.347. The van der Waals surface area contributed by atoms with Crippen molar-refractivity contribution in [3.05, 3.63) is 35.8 Å². The first-order chi connectivity index (χ1) is 14.7. The third-order valence-electron chi connectivity index (χ3n) is 5.39. The summed E-state index contributed by atoms with van der Waals surface area (Å²) >= 11 is 0. The van der Waals surface area contributed by atoms with Crippen LogP contribution in [0.3, 0.4) is 0 Å². The number of nitrogens with zero attached hydrogens (tertiary/aromatic N) is 4. The number of carboxylic acid groups (broad SMARTS) is 1. The quantitative estimate of drug-likeness (QED) is 0.764. The van der Waals surface area contributed by atoms with Gasteiger partial charge in [-0.15, -0.1) is 5.10 Å². The average Bonchev–Trinajstić information content (AvgIpc) is 3.21. The van der Waals surface area contributed by atoms with Crippen molar-refractivity contribution in [2.75, 3.05) is 13.7 Å².